The van der Waals surface area contributed by atoms with Gasteiger partial charge in [0.25, 0.3) is 5.91 Å². The lowest BCUT2D eigenvalue weighted by Gasteiger charge is -2.13. The lowest BCUT2D eigenvalue weighted by Crippen LogP contribution is -2.28. The van der Waals surface area contributed by atoms with Gasteiger partial charge in [0.2, 0.25) is 0 Å². The third-order valence-electron chi connectivity index (χ3n) is 5.87. The van der Waals surface area contributed by atoms with E-state index in [0.717, 1.165) is 0 Å². The maximum Gasteiger partial charge on any atom is 0.326 e. The van der Waals surface area contributed by atoms with Crippen LogP contribution in [-0.4, -0.2) is 57.7 Å². The number of likely N-dealkylation sites (tertiary alicyclic amines) is 1. The molecule has 4 aromatic rings. The second-order valence-electron chi connectivity index (χ2n) is 7.99. The quantitative estimate of drug-likeness (QED) is 0.429. The highest BCUT2D eigenvalue weighted by Gasteiger charge is 2.27. The number of aliphatic hydroxyl groups is 1. The van der Waals surface area contributed by atoms with Gasteiger partial charge in [0.15, 0.2) is 11.6 Å². The number of pyridine rings is 1. The van der Waals surface area contributed by atoms with Crippen LogP contribution in [0.1, 0.15) is 21.8 Å². The molecule has 1 atom stereocenters. The van der Waals surface area contributed by atoms with Crippen molar-refractivity contribution in [2.45, 2.75) is 19.4 Å². The summed E-state index contributed by atoms with van der Waals surface area (Å²) in [5, 5.41) is 12.5. The van der Waals surface area contributed by atoms with Crippen molar-refractivity contribution in [3.8, 4) is 11.5 Å². The monoisotopic (exact) mass is 502 g/mol. The number of nitrogens with zero attached hydrogens (tertiary/aromatic N) is 3. The molecule has 0 bridgehead atoms. The summed E-state index contributed by atoms with van der Waals surface area (Å²) in [5.74, 6) is -0.611. The number of aromatic nitrogens is 2. The average molecular weight is 503 g/mol. The van der Waals surface area contributed by atoms with Crippen molar-refractivity contribution >= 4 is 56.0 Å². The van der Waals surface area contributed by atoms with Crippen LogP contribution in [0.4, 0.5) is 9.18 Å². The molecular formula is C23H20ClFN4O4S. The number of rotatable bonds is 3. The molecule has 1 fully saturated rings. The minimum absolute atomic E-state index is 0.0695. The fraction of sp³-hybridized carbons (Fsp3) is 0.261. The number of hydrogen-bond acceptors (Lipinski definition) is 6. The molecule has 1 saturated heterocycles. The van der Waals surface area contributed by atoms with Gasteiger partial charge in [-0.1, -0.05) is 11.6 Å². The molecule has 1 aromatic carbocycles. The van der Waals surface area contributed by atoms with Crippen molar-refractivity contribution in [2.75, 3.05) is 20.1 Å². The van der Waals surface area contributed by atoms with Crippen molar-refractivity contribution in [3.63, 3.8) is 0 Å². The van der Waals surface area contributed by atoms with E-state index in [4.69, 9.17) is 16.3 Å². The molecule has 8 nitrogen and oxygen atoms in total. The van der Waals surface area contributed by atoms with Gasteiger partial charge in [0, 0.05) is 38.1 Å². The summed E-state index contributed by atoms with van der Waals surface area (Å²) in [6, 6.07) is 5.84. The third-order valence-corrected chi connectivity index (χ3v) is 7.46. The minimum Gasteiger partial charge on any atom is -0.453 e. The van der Waals surface area contributed by atoms with E-state index < -0.39 is 18.0 Å². The van der Waals surface area contributed by atoms with Crippen molar-refractivity contribution in [1.29, 1.82) is 0 Å². The Morgan fingerprint density at radius 1 is 1.32 bits per heavy atom. The van der Waals surface area contributed by atoms with Crippen LogP contribution in [0.25, 0.3) is 21.1 Å². The van der Waals surface area contributed by atoms with Gasteiger partial charge in [-0.25, -0.2) is 9.18 Å². The Kier molecular flexibility index (Phi) is 5.67. The van der Waals surface area contributed by atoms with Crippen LogP contribution in [0.15, 0.2) is 30.5 Å². The summed E-state index contributed by atoms with van der Waals surface area (Å²) in [6.07, 6.45) is 1.56. The number of aliphatic hydroxyl groups excluding tert-OH is 1. The summed E-state index contributed by atoms with van der Waals surface area (Å²) in [7, 11) is 1.48. The summed E-state index contributed by atoms with van der Waals surface area (Å²) >= 11 is 7.57. The highest BCUT2D eigenvalue weighted by molar-refractivity contribution is 7.21. The van der Waals surface area contributed by atoms with E-state index in [9.17, 15) is 14.7 Å². The summed E-state index contributed by atoms with van der Waals surface area (Å²) in [6.45, 7) is 2.42. The first kappa shape index (κ1) is 22.6. The van der Waals surface area contributed by atoms with E-state index in [2.05, 4.69) is 10.3 Å². The number of nitrogens with one attached hydrogen (secondary N) is 1. The van der Waals surface area contributed by atoms with Crippen LogP contribution in [0.3, 0.4) is 0 Å². The standard InChI is InChI=1S/C23H20ClFN4O4S/c1-11-19(24)18-14(29(11)23(32)26-2)3-4-15(20(18)25)33-16-5-7-27-13-9-17(34-21(13)16)22(31)28-8-6-12(30)10-28/h3-5,7,9,12,30H,6,8,10H2,1-2H3,(H,26,32). The number of β-amino-alcohol motifs (C(OH)–C–C–N with tert-alkyl or cyclic N) is 1. The zero-order chi connectivity index (χ0) is 24.1. The molecule has 2 N–H and O–H groups in total. The Morgan fingerprint density at radius 3 is 2.82 bits per heavy atom. The smallest absolute Gasteiger partial charge is 0.326 e. The van der Waals surface area contributed by atoms with Crippen LogP contribution in [-0.2, 0) is 0 Å². The number of fused-ring (bicyclic) bond motifs is 2. The highest BCUT2D eigenvalue weighted by Crippen LogP contribution is 2.40. The van der Waals surface area contributed by atoms with Crippen molar-refractivity contribution in [1.82, 2.24) is 19.8 Å². The molecule has 0 radical (unpaired) electrons. The van der Waals surface area contributed by atoms with Crippen LogP contribution >= 0.6 is 22.9 Å². The minimum atomic E-state index is -0.697. The van der Waals surface area contributed by atoms with Crippen molar-refractivity contribution in [3.05, 3.63) is 51.9 Å². The largest absolute Gasteiger partial charge is 0.453 e. The molecule has 3 aromatic heterocycles. The summed E-state index contributed by atoms with van der Waals surface area (Å²) in [4.78, 5) is 31.5. The van der Waals surface area contributed by atoms with E-state index in [-0.39, 0.29) is 22.1 Å². The van der Waals surface area contributed by atoms with Crippen LogP contribution < -0.4 is 10.1 Å². The van der Waals surface area contributed by atoms with Crippen LogP contribution in [0.5, 0.6) is 11.5 Å². The van der Waals surface area contributed by atoms with Gasteiger partial charge in [-0.05, 0) is 31.5 Å². The predicted molar refractivity (Wildman–Crippen MR) is 128 cm³/mol. The van der Waals surface area contributed by atoms with Gasteiger partial charge in [-0.3, -0.25) is 14.3 Å². The number of amides is 2. The van der Waals surface area contributed by atoms with Crippen molar-refractivity contribution < 1.29 is 23.8 Å². The Balaban J connectivity index is 1.53. The van der Waals surface area contributed by atoms with Crippen molar-refractivity contribution in [2.24, 2.45) is 0 Å². The molecule has 2 amide bonds. The van der Waals surface area contributed by atoms with E-state index >= 15 is 4.39 Å². The Morgan fingerprint density at radius 2 is 2.12 bits per heavy atom. The molecule has 176 valence electrons. The number of ether oxygens (including phenoxy) is 1. The molecule has 4 heterocycles. The second-order valence-corrected chi connectivity index (χ2v) is 9.42. The normalized spacial score (nSPS) is 15.9. The van der Waals surface area contributed by atoms with E-state index in [1.807, 2.05) is 0 Å². The van der Waals surface area contributed by atoms with E-state index in [1.54, 1.807) is 30.0 Å². The Labute approximate surface area is 202 Å². The lowest BCUT2D eigenvalue weighted by molar-refractivity contribution is 0.0769. The molecule has 0 spiro atoms. The Bertz CT molecular complexity index is 1470. The van der Waals surface area contributed by atoms with Crippen LogP contribution in [0, 0.1) is 12.7 Å². The van der Waals surface area contributed by atoms with Gasteiger partial charge in [-0.2, -0.15) is 0 Å². The fourth-order valence-electron chi connectivity index (χ4n) is 4.16. The third kappa shape index (κ3) is 3.58. The van der Waals surface area contributed by atoms with Gasteiger partial charge in [0.05, 0.1) is 37.1 Å². The number of hydrogen-bond donors (Lipinski definition) is 2. The van der Waals surface area contributed by atoms with Crippen LogP contribution in [0.2, 0.25) is 5.02 Å². The maximum absolute atomic E-state index is 15.5. The number of carbonyl (C=O) groups is 2. The summed E-state index contributed by atoms with van der Waals surface area (Å²) < 4.78 is 23.3. The van der Waals surface area contributed by atoms with Gasteiger partial charge in [-0.15, -0.1) is 11.3 Å². The van der Waals surface area contributed by atoms with Gasteiger partial charge in [0.1, 0.15) is 5.75 Å². The van der Waals surface area contributed by atoms with Gasteiger partial charge >= 0.3 is 6.03 Å². The molecule has 0 saturated carbocycles. The second kappa shape index (κ2) is 8.53. The Hall–Kier alpha value is -3.21. The fourth-order valence-corrected chi connectivity index (χ4v) is 5.45. The lowest BCUT2D eigenvalue weighted by atomic mass is 10.2. The molecule has 0 aliphatic carbocycles. The molecular weight excluding hydrogens is 483 g/mol. The first-order chi connectivity index (χ1) is 16.3. The number of benzene rings is 1. The average Bonchev–Trinajstić information content (AvgIpc) is 3.52. The molecule has 5 rings (SSSR count). The molecule has 11 heteroatoms. The molecule has 1 unspecified atom stereocenters. The first-order valence-corrected chi connectivity index (χ1v) is 11.7. The molecule has 1 aliphatic rings. The number of halogens is 2. The van der Waals surface area contributed by atoms with E-state index in [1.165, 1.54) is 35.2 Å². The van der Waals surface area contributed by atoms with E-state index in [0.29, 0.717) is 51.6 Å². The number of thiophene rings is 1. The van der Waals surface area contributed by atoms with Gasteiger partial charge < -0.3 is 20.1 Å². The zero-order valence-corrected chi connectivity index (χ0v) is 19.8. The SMILES string of the molecule is CNC(=O)n1c(C)c(Cl)c2c(F)c(Oc3ccnc4cc(C(=O)N5CCC(O)C5)sc34)ccc21. The molecule has 34 heavy (non-hydrogen) atoms. The predicted octanol–water partition coefficient (Wildman–Crippen LogP) is 4.54. The highest BCUT2D eigenvalue weighted by atomic mass is 35.5. The topological polar surface area (TPSA) is 96.7 Å². The molecule has 1 aliphatic heterocycles. The first-order valence-electron chi connectivity index (χ1n) is 10.5. The number of carbonyl (C=O) groups excluding carboxylic acids is 2. The zero-order valence-electron chi connectivity index (χ0n) is 18.3. The summed E-state index contributed by atoms with van der Waals surface area (Å²) in [5.41, 5.74) is 1.28. The maximum atomic E-state index is 15.5.